The Labute approximate surface area is 138 Å². The molecule has 5 nitrogen and oxygen atoms in total. The largest absolute Gasteiger partial charge is 0.338 e. The predicted molar refractivity (Wildman–Crippen MR) is 91.2 cm³/mol. The fraction of sp³-hybridized carbons (Fsp3) is 0.556. The van der Waals surface area contributed by atoms with E-state index >= 15 is 0 Å². The first-order valence-corrected chi connectivity index (χ1v) is 8.36. The number of carbonyl (C=O) groups is 2. The van der Waals surface area contributed by atoms with Crippen molar-refractivity contribution in [2.45, 2.75) is 38.1 Å². The first kappa shape index (κ1) is 17.3. The van der Waals surface area contributed by atoms with Crippen LogP contribution in [0.3, 0.4) is 0 Å². The van der Waals surface area contributed by atoms with Gasteiger partial charge in [0.05, 0.1) is 6.54 Å². The Hall–Kier alpha value is -2.04. The number of hydrogen-bond acceptors (Lipinski definition) is 2. The molecule has 1 aromatic rings. The molecule has 0 aliphatic carbocycles. The lowest BCUT2D eigenvalue weighted by Crippen LogP contribution is -2.49. The number of piperidine rings is 1. The van der Waals surface area contributed by atoms with Crippen molar-refractivity contribution in [2.24, 2.45) is 0 Å². The second-order valence-electron chi connectivity index (χ2n) is 6.31. The van der Waals surface area contributed by atoms with Gasteiger partial charge in [-0.15, -0.1) is 0 Å². The van der Waals surface area contributed by atoms with Crippen LogP contribution in [0.1, 0.15) is 31.2 Å². The fourth-order valence-corrected chi connectivity index (χ4v) is 3.02. The highest BCUT2D eigenvalue weighted by atomic mass is 16.2. The summed E-state index contributed by atoms with van der Waals surface area (Å²) in [5.74, 6) is 0.0259. The van der Waals surface area contributed by atoms with E-state index in [1.807, 2.05) is 11.0 Å². The molecule has 2 rings (SSSR count). The molecule has 1 aromatic carbocycles. The van der Waals surface area contributed by atoms with Crippen LogP contribution in [0.15, 0.2) is 30.3 Å². The van der Waals surface area contributed by atoms with E-state index in [0.717, 1.165) is 32.2 Å². The van der Waals surface area contributed by atoms with Gasteiger partial charge < -0.3 is 15.1 Å². The minimum Gasteiger partial charge on any atom is -0.338 e. The Morgan fingerprint density at radius 3 is 2.65 bits per heavy atom. The Balaban J connectivity index is 1.87. The van der Waals surface area contributed by atoms with E-state index in [2.05, 4.69) is 29.6 Å². The second kappa shape index (κ2) is 8.56. The summed E-state index contributed by atoms with van der Waals surface area (Å²) in [6.07, 6.45) is 5.25. The van der Waals surface area contributed by atoms with Crippen molar-refractivity contribution in [1.82, 2.24) is 15.1 Å². The van der Waals surface area contributed by atoms with Crippen molar-refractivity contribution in [3.8, 4) is 0 Å². The number of likely N-dealkylation sites (tertiary alicyclic amines) is 1. The van der Waals surface area contributed by atoms with Gasteiger partial charge in [-0.1, -0.05) is 30.3 Å². The molecule has 1 atom stereocenters. The topological polar surface area (TPSA) is 52.7 Å². The summed E-state index contributed by atoms with van der Waals surface area (Å²) < 4.78 is 0. The van der Waals surface area contributed by atoms with E-state index in [1.54, 1.807) is 14.1 Å². The lowest BCUT2D eigenvalue weighted by molar-refractivity contribution is -0.133. The van der Waals surface area contributed by atoms with E-state index in [0.29, 0.717) is 0 Å². The SMILES string of the molecule is CN(C)C(=O)NCC(=O)N1CCCC[C@H]1CCc1ccccc1. The van der Waals surface area contributed by atoms with Crippen LogP contribution in [0.5, 0.6) is 0 Å². The monoisotopic (exact) mass is 317 g/mol. The van der Waals surface area contributed by atoms with Crippen molar-refractivity contribution in [2.75, 3.05) is 27.2 Å². The maximum atomic E-state index is 12.4. The number of benzene rings is 1. The van der Waals surface area contributed by atoms with Crippen LogP contribution < -0.4 is 5.32 Å². The quantitative estimate of drug-likeness (QED) is 0.906. The zero-order valence-electron chi connectivity index (χ0n) is 14.1. The van der Waals surface area contributed by atoms with Crippen molar-refractivity contribution in [3.63, 3.8) is 0 Å². The molecule has 23 heavy (non-hydrogen) atoms. The Kier molecular flexibility index (Phi) is 6.44. The van der Waals surface area contributed by atoms with Gasteiger partial charge in [-0.2, -0.15) is 0 Å². The van der Waals surface area contributed by atoms with Crippen LogP contribution in [0.2, 0.25) is 0 Å². The van der Waals surface area contributed by atoms with Crippen LogP contribution >= 0.6 is 0 Å². The minimum absolute atomic E-state index is 0.0259. The maximum absolute atomic E-state index is 12.4. The number of carbonyl (C=O) groups excluding carboxylic acids is 2. The standard InChI is InChI=1S/C18H27N3O2/c1-20(2)18(23)19-14-17(22)21-13-7-6-10-16(21)12-11-15-8-4-3-5-9-15/h3-5,8-9,16H,6-7,10-14H2,1-2H3,(H,19,23)/t16-/m0/s1. The summed E-state index contributed by atoms with van der Waals surface area (Å²) >= 11 is 0. The van der Waals surface area contributed by atoms with Gasteiger partial charge in [0.15, 0.2) is 0 Å². The highest BCUT2D eigenvalue weighted by molar-refractivity contribution is 5.84. The molecule has 0 unspecified atom stereocenters. The first-order chi connectivity index (χ1) is 11.1. The number of hydrogen-bond donors (Lipinski definition) is 1. The van der Waals surface area contributed by atoms with E-state index in [9.17, 15) is 9.59 Å². The highest BCUT2D eigenvalue weighted by Crippen LogP contribution is 2.21. The van der Waals surface area contributed by atoms with Gasteiger partial charge in [0, 0.05) is 26.7 Å². The summed E-state index contributed by atoms with van der Waals surface area (Å²) in [6, 6.07) is 10.4. The van der Waals surface area contributed by atoms with E-state index < -0.39 is 0 Å². The summed E-state index contributed by atoms with van der Waals surface area (Å²) in [6.45, 7) is 0.884. The molecule has 0 saturated carbocycles. The van der Waals surface area contributed by atoms with Gasteiger partial charge in [-0.05, 0) is 37.7 Å². The van der Waals surface area contributed by atoms with E-state index in [-0.39, 0.29) is 24.5 Å². The summed E-state index contributed by atoms with van der Waals surface area (Å²) in [5.41, 5.74) is 1.31. The molecule has 126 valence electrons. The fourth-order valence-electron chi connectivity index (χ4n) is 3.02. The molecule has 1 aliphatic rings. The molecule has 1 aliphatic heterocycles. The highest BCUT2D eigenvalue weighted by Gasteiger charge is 2.26. The van der Waals surface area contributed by atoms with Crippen molar-refractivity contribution in [3.05, 3.63) is 35.9 Å². The van der Waals surface area contributed by atoms with Gasteiger partial charge in [0.2, 0.25) is 5.91 Å². The zero-order chi connectivity index (χ0) is 16.7. The summed E-state index contributed by atoms with van der Waals surface area (Å²) in [5, 5.41) is 2.67. The molecule has 1 saturated heterocycles. The third kappa shape index (κ3) is 5.27. The van der Waals surface area contributed by atoms with Gasteiger partial charge in [0.25, 0.3) is 0 Å². The molecule has 5 heteroatoms. The third-order valence-electron chi connectivity index (χ3n) is 4.35. The molecule has 1 N–H and O–H groups in total. The number of nitrogens with one attached hydrogen (secondary N) is 1. The molecule has 0 aromatic heterocycles. The Morgan fingerprint density at radius 1 is 1.22 bits per heavy atom. The maximum Gasteiger partial charge on any atom is 0.317 e. The number of amides is 3. The molecule has 3 amide bonds. The minimum atomic E-state index is -0.226. The number of aryl methyl sites for hydroxylation is 1. The smallest absolute Gasteiger partial charge is 0.317 e. The lowest BCUT2D eigenvalue weighted by Gasteiger charge is -2.36. The van der Waals surface area contributed by atoms with Crippen molar-refractivity contribution in [1.29, 1.82) is 0 Å². The average Bonchev–Trinajstić information content (AvgIpc) is 2.58. The predicted octanol–water partition coefficient (Wildman–Crippen LogP) is 2.27. The Bertz CT molecular complexity index is 516. The van der Waals surface area contributed by atoms with E-state index in [4.69, 9.17) is 0 Å². The molecular formula is C18H27N3O2. The third-order valence-corrected chi connectivity index (χ3v) is 4.35. The molecule has 0 bridgehead atoms. The first-order valence-electron chi connectivity index (χ1n) is 8.36. The molecular weight excluding hydrogens is 290 g/mol. The number of rotatable bonds is 5. The van der Waals surface area contributed by atoms with Crippen LogP contribution in [-0.4, -0.2) is 55.0 Å². The zero-order valence-corrected chi connectivity index (χ0v) is 14.1. The van der Waals surface area contributed by atoms with Crippen LogP contribution in [0.4, 0.5) is 4.79 Å². The molecule has 1 fully saturated rings. The summed E-state index contributed by atoms with van der Waals surface area (Å²) in [4.78, 5) is 27.4. The van der Waals surface area contributed by atoms with Crippen LogP contribution in [-0.2, 0) is 11.2 Å². The molecule has 0 radical (unpaired) electrons. The van der Waals surface area contributed by atoms with E-state index in [1.165, 1.54) is 16.9 Å². The van der Waals surface area contributed by atoms with Gasteiger partial charge in [-0.25, -0.2) is 4.79 Å². The second-order valence-corrected chi connectivity index (χ2v) is 6.31. The average molecular weight is 317 g/mol. The lowest BCUT2D eigenvalue weighted by atomic mass is 9.95. The van der Waals surface area contributed by atoms with Gasteiger partial charge in [0.1, 0.15) is 0 Å². The van der Waals surface area contributed by atoms with Crippen LogP contribution in [0.25, 0.3) is 0 Å². The van der Waals surface area contributed by atoms with Gasteiger partial charge >= 0.3 is 6.03 Å². The Morgan fingerprint density at radius 2 is 1.96 bits per heavy atom. The number of urea groups is 1. The normalized spacial score (nSPS) is 17.7. The molecule has 1 heterocycles. The van der Waals surface area contributed by atoms with Crippen LogP contribution in [0, 0.1) is 0 Å². The van der Waals surface area contributed by atoms with Crippen molar-refractivity contribution >= 4 is 11.9 Å². The molecule has 0 spiro atoms. The van der Waals surface area contributed by atoms with Gasteiger partial charge in [-0.3, -0.25) is 4.79 Å². The number of nitrogens with zero attached hydrogens (tertiary/aromatic N) is 2. The van der Waals surface area contributed by atoms with Crippen molar-refractivity contribution < 1.29 is 9.59 Å². The summed E-state index contributed by atoms with van der Waals surface area (Å²) in [7, 11) is 3.34.